The van der Waals surface area contributed by atoms with Crippen LogP contribution < -0.4 is 10.1 Å². The number of carbonyl (C=O) groups is 1. The van der Waals surface area contributed by atoms with Crippen LogP contribution in [0.5, 0.6) is 5.75 Å². The maximum atomic E-state index is 13.3. The Morgan fingerprint density at radius 1 is 1.31 bits per heavy atom. The molecule has 134 valence electrons. The van der Waals surface area contributed by atoms with Gasteiger partial charge in [0.05, 0.1) is 18.1 Å². The van der Waals surface area contributed by atoms with Gasteiger partial charge in [0, 0.05) is 12.1 Å². The average molecular weight is 371 g/mol. The van der Waals surface area contributed by atoms with Crippen molar-refractivity contribution in [2.24, 2.45) is 0 Å². The topological polar surface area (TPSA) is 67.0 Å². The molecule has 1 heterocycles. The largest absolute Gasteiger partial charge is 0.497 e. The Morgan fingerprint density at radius 3 is 2.77 bits per heavy atom. The van der Waals surface area contributed by atoms with E-state index in [1.54, 1.807) is 19.2 Å². The predicted molar refractivity (Wildman–Crippen MR) is 98.8 cm³/mol. The Balaban J connectivity index is 1.62. The molecule has 1 aliphatic rings. The summed E-state index contributed by atoms with van der Waals surface area (Å²) in [6, 6.07) is 11.9. The number of aromatic amines is 1. The van der Waals surface area contributed by atoms with Crippen LogP contribution in [0.1, 0.15) is 23.7 Å². The normalized spacial score (nSPS) is 15.0. The van der Waals surface area contributed by atoms with E-state index in [-0.39, 0.29) is 17.8 Å². The van der Waals surface area contributed by atoms with Gasteiger partial charge >= 0.3 is 0 Å². The van der Waals surface area contributed by atoms with Crippen molar-refractivity contribution < 1.29 is 13.9 Å². The number of methoxy groups -OCH3 is 1. The van der Waals surface area contributed by atoms with Gasteiger partial charge in [-0.05, 0) is 42.7 Å². The molecular weight excluding hydrogens is 353 g/mol. The lowest BCUT2D eigenvalue weighted by Gasteiger charge is -2.15. The third-order valence-electron chi connectivity index (χ3n) is 4.23. The molecular formula is C19H18FN3O2S. The van der Waals surface area contributed by atoms with Gasteiger partial charge in [-0.3, -0.25) is 4.79 Å². The van der Waals surface area contributed by atoms with E-state index in [0.29, 0.717) is 5.16 Å². The fraction of sp³-hybridized carbons (Fsp3) is 0.263. The molecule has 1 atom stereocenters. The molecule has 1 aromatic heterocycles. The number of aromatic nitrogens is 2. The summed E-state index contributed by atoms with van der Waals surface area (Å²) in [4.78, 5) is 20.5. The van der Waals surface area contributed by atoms with Gasteiger partial charge in [-0.25, -0.2) is 9.37 Å². The molecule has 0 spiro atoms. The van der Waals surface area contributed by atoms with Crippen molar-refractivity contribution in [2.75, 3.05) is 7.11 Å². The highest BCUT2D eigenvalue weighted by molar-refractivity contribution is 8.00. The zero-order valence-corrected chi connectivity index (χ0v) is 15.0. The zero-order chi connectivity index (χ0) is 18.1. The lowest BCUT2D eigenvalue weighted by molar-refractivity contribution is -0.120. The second-order valence-corrected chi connectivity index (χ2v) is 7.35. The number of nitrogens with one attached hydrogen (secondary N) is 2. The molecule has 1 aliphatic carbocycles. The summed E-state index contributed by atoms with van der Waals surface area (Å²) >= 11 is 1.32. The number of rotatable bonds is 6. The van der Waals surface area contributed by atoms with Crippen molar-refractivity contribution in [1.82, 2.24) is 15.3 Å². The van der Waals surface area contributed by atoms with Crippen molar-refractivity contribution in [3.8, 4) is 5.75 Å². The van der Waals surface area contributed by atoms with Crippen LogP contribution in [0, 0.1) is 5.82 Å². The minimum Gasteiger partial charge on any atom is -0.497 e. The number of halogens is 1. The van der Waals surface area contributed by atoms with Gasteiger partial charge in [0.1, 0.15) is 16.8 Å². The highest BCUT2D eigenvalue weighted by Gasteiger charge is 2.29. The standard InChI is InChI=1S/C19H18FN3O2S/c1-25-14-8-9-15-16(10-14)23-19(22-15)26-17(18(24)21-13-6-7-13)11-2-4-12(20)5-3-11/h2-5,8-10,13,17H,6-7H2,1H3,(H,21,24)(H,22,23). The van der Waals surface area contributed by atoms with E-state index in [4.69, 9.17) is 4.74 Å². The number of hydrogen-bond donors (Lipinski definition) is 2. The molecule has 1 fully saturated rings. The lowest BCUT2D eigenvalue weighted by atomic mass is 10.1. The molecule has 2 N–H and O–H groups in total. The molecule has 26 heavy (non-hydrogen) atoms. The highest BCUT2D eigenvalue weighted by Crippen LogP contribution is 2.36. The molecule has 0 aliphatic heterocycles. The molecule has 1 saturated carbocycles. The van der Waals surface area contributed by atoms with Crippen molar-refractivity contribution >= 4 is 28.7 Å². The number of H-pyrrole nitrogens is 1. The van der Waals surface area contributed by atoms with Crippen molar-refractivity contribution in [3.63, 3.8) is 0 Å². The Morgan fingerprint density at radius 2 is 2.08 bits per heavy atom. The second-order valence-electron chi connectivity index (χ2n) is 6.26. The number of hydrogen-bond acceptors (Lipinski definition) is 4. The SMILES string of the molecule is COc1ccc2nc(SC(C(=O)NC3CC3)c3ccc(F)cc3)[nH]c2c1. The second kappa shape index (κ2) is 6.99. The third kappa shape index (κ3) is 3.67. The molecule has 1 unspecified atom stereocenters. The third-order valence-corrected chi connectivity index (χ3v) is 5.37. The van der Waals surface area contributed by atoms with Crippen molar-refractivity contribution in [2.45, 2.75) is 29.3 Å². The summed E-state index contributed by atoms with van der Waals surface area (Å²) in [5.41, 5.74) is 2.38. The smallest absolute Gasteiger partial charge is 0.238 e. The van der Waals surface area contributed by atoms with Crippen LogP contribution >= 0.6 is 11.8 Å². The molecule has 4 rings (SSSR count). The quantitative estimate of drug-likeness (QED) is 0.647. The van der Waals surface area contributed by atoms with Crippen LogP contribution in [0.25, 0.3) is 11.0 Å². The summed E-state index contributed by atoms with van der Waals surface area (Å²) < 4.78 is 18.5. The first-order valence-corrected chi connectivity index (χ1v) is 9.26. The van der Waals surface area contributed by atoms with Crippen LogP contribution in [0.3, 0.4) is 0 Å². The van der Waals surface area contributed by atoms with Gasteiger partial charge in [-0.2, -0.15) is 0 Å². The van der Waals surface area contributed by atoms with Crippen LogP contribution in [-0.2, 0) is 4.79 Å². The van der Waals surface area contributed by atoms with Gasteiger partial charge < -0.3 is 15.0 Å². The number of nitrogens with zero attached hydrogens (tertiary/aromatic N) is 1. The van der Waals surface area contributed by atoms with Crippen molar-refractivity contribution in [1.29, 1.82) is 0 Å². The summed E-state index contributed by atoms with van der Waals surface area (Å²) in [7, 11) is 1.61. The predicted octanol–water partition coefficient (Wildman–Crippen LogP) is 3.82. The van der Waals surface area contributed by atoms with E-state index in [2.05, 4.69) is 15.3 Å². The van der Waals surface area contributed by atoms with Crippen LogP contribution in [-0.4, -0.2) is 29.0 Å². The number of ether oxygens (including phenoxy) is 1. The van der Waals surface area contributed by atoms with Gasteiger partial charge in [-0.15, -0.1) is 0 Å². The monoisotopic (exact) mass is 371 g/mol. The summed E-state index contributed by atoms with van der Waals surface area (Å²) in [6.45, 7) is 0. The van der Waals surface area contributed by atoms with E-state index < -0.39 is 5.25 Å². The number of imidazole rings is 1. The van der Waals surface area contributed by atoms with Crippen LogP contribution in [0.15, 0.2) is 47.6 Å². The molecule has 3 aromatic rings. The van der Waals surface area contributed by atoms with E-state index in [9.17, 15) is 9.18 Å². The fourth-order valence-corrected chi connectivity index (χ4v) is 3.69. The molecule has 2 aromatic carbocycles. The van der Waals surface area contributed by atoms with Gasteiger partial charge in [0.2, 0.25) is 5.91 Å². The Bertz CT molecular complexity index is 938. The fourth-order valence-electron chi connectivity index (χ4n) is 2.67. The van der Waals surface area contributed by atoms with Crippen LogP contribution in [0.2, 0.25) is 0 Å². The number of fused-ring (bicyclic) bond motifs is 1. The number of amides is 1. The molecule has 0 bridgehead atoms. The first kappa shape index (κ1) is 16.9. The summed E-state index contributed by atoms with van der Waals surface area (Å²) in [6.07, 6.45) is 2.02. The van der Waals surface area contributed by atoms with E-state index in [0.717, 1.165) is 35.2 Å². The average Bonchev–Trinajstić information content (AvgIpc) is 3.36. The minimum absolute atomic E-state index is 0.0813. The summed E-state index contributed by atoms with van der Waals surface area (Å²) in [5, 5.41) is 3.16. The molecule has 0 radical (unpaired) electrons. The maximum absolute atomic E-state index is 13.3. The van der Waals surface area contributed by atoms with Crippen LogP contribution in [0.4, 0.5) is 4.39 Å². The highest BCUT2D eigenvalue weighted by atomic mass is 32.2. The Hall–Kier alpha value is -2.54. The first-order valence-electron chi connectivity index (χ1n) is 8.38. The van der Waals surface area contributed by atoms with Crippen molar-refractivity contribution in [3.05, 3.63) is 53.8 Å². The maximum Gasteiger partial charge on any atom is 0.238 e. The lowest BCUT2D eigenvalue weighted by Crippen LogP contribution is -2.29. The molecule has 5 nitrogen and oxygen atoms in total. The minimum atomic E-state index is -0.501. The Labute approximate surface area is 154 Å². The molecule has 0 saturated heterocycles. The zero-order valence-electron chi connectivity index (χ0n) is 14.2. The molecule has 7 heteroatoms. The number of benzene rings is 2. The van der Waals surface area contributed by atoms with E-state index in [1.165, 1.54) is 23.9 Å². The summed E-state index contributed by atoms with van der Waals surface area (Å²) in [5.74, 6) is 0.331. The van der Waals surface area contributed by atoms with E-state index in [1.807, 2.05) is 18.2 Å². The molecule has 1 amide bonds. The first-order chi connectivity index (χ1) is 12.6. The van der Waals surface area contributed by atoms with Gasteiger partial charge in [0.15, 0.2) is 5.16 Å². The Kier molecular flexibility index (Phi) is 4.55. The van der Waals surface area contributed by atoms with E-state index >= 15 is 0 Å². The van der Waals surface area contributed by atoms with Gasteiger partial charge in [0.25, 0.3) is 0 Å². The van der Waals surface area contributed by atoms with Gasteiger partial charge in [-0.1, -0.05) is 23.9 Å². The number of thioether (sulfide) groups is 1. The number of carbonyl (C=O) groups excluding carboxylic acids is 1.